The lowest BCUT2D eigenvalue weighted by atomic mass is 10.5. The maximum absolute atomic E-state index is 10.2. The minimum atomic E-state index is 0.381. The molecule has 0 bridgehead atoms. The first-order valence-electron chi connectivity index (χ1n) is 3.28. The van der Waals surface area contributed by atoms with Crippen LogP contribution in [0.1, 0.15) is 0 Å². The van der Waals surface area contributed by atoms with Crippen LogP contribution in [0.25, 0.3) is 6.08 Å². The normalized spacial score (nSPS) is 13.4. The molecule has 0 radical (unpaired) electrons. The Kier molecular flexibility index (Phi) is 1.08. The summed E-state index contributed by atoms with van der Waals surface area (Å²) in [6.07, 6.45) is 3.63. The molecule has 2 heterocycles. The predicted octanol–water partition coefficient (Wildman–Crippen LogP) is -0.846. The van der Waals surface area contributed by atoms with Crippen molar-refractivity contribution in [3.05, 3.63) is 28.7 Å². The zero-order chi connectivity index (χ0) is 7.84. The molecule has 1 aliphatic heterocycles. The van der Waals surface area contributed by atoms with Gasteiger partial charge < -0.3 is 4.57 Å². The van der Waals surface area contributed by atoms with E-state index in [2.05, 4.69) is 4.99 Å². The maximum Gasteiger partial charge on any atom is 0.152 e. The third-order valence-corrected chi connectivity index (χ3v) is 1.72. The largest absolute Gasteiger partial charge is 0.349 e. The molecular formula is C8H6N2O. The quantitative estimate of drug-likeness (QED) is 0.439. The average Bonchev–Trinajstić information content (AvgIpc) is 2.53. The van der Waals surface area contributed by atoms with Gasteiger partial charge in [-0.3, -0.25) is 0 Å². The van der Waals surface area contributed by atoms with E-state index in [0.717, 1.165) is 10.7 Å². The van der Waals surface area contributed by atoms with Crippen molar-refractivity contribution in [1.82, 2.24) is 4.57 Å². The molecule has 0 N–H and O–H groups in total. The Morgan fingerprint density at radius 3 is 3.09 bits per heavy atom. The fraction of sp³-hybridized carbons (Fsp3) is 0.125. The standard InChI is InChI=1S/C8H6N2O/c1-10-3-2-7-8(10)4-6(5-11)9-7/h2-4H,1H3. The number of fused-ring (bicyclic) bond motifs is 1. The predicted molar refractivity (Wildman–Crippen MR) is 39.9 cm³/mol. The first-order valence-corrected chi connectivity index (χ1v) is 3.28. The fourth-order valence-electron chi connectivity index (χ4n) is 1.14. The van der Waals surface area contributed by atoms with Crippen LogP contribution < -0.4 is 10.7 Å². The monoisotopic (exact) mass is 146 g/mol. The second kappa shape index (κ2) is 1.94. The molecule has 0 spiro atoms. The molecule has 0 aromatic carbocycles. The second-order valence-corrected chi connectivity index (χ2v) is 2.44. The van der Waals surface area contributed by atoms with Gasteiger partial charge in [0, 0.05) is 19.3 Å². The van der Waals surface area contributed by atoms with Crippen LogP contribution in [0.4, 0.5) is 0 Å². The van der Waals surface area contributed by atoms with E-state index in [0.29, 0.717) is 5.70 Å². The first kappa shape index (κ1) is 6.13. The molecule has 3 nitrogen and oxygen atoms in total. The summed E-state index contributed by atoms with van der Waals surface area (Å²) in [4.78, 5) is 14.2. The summed E-state index contributed by atoms with van der Waals surface area (Å²) in [6, 6.07) is 1.87. The molecule has 0 amide bonds. The van der Waals surface area contributed by atoms with Crippen LogP contribution in [0.2, 0.25) is 0 Å². The fourth-order valence-corrected chi connectivity index (χ4v) is 1.14. The van der Waals surface area contributed by atoms with Gasteiger partial charge >= 0.3 is 0 Å². The highest BCUT2D eigenvalue weighted by Gasteiger charge is 2.02. The van der Waals surface area contributed by atoms with Crippen LogP contribution in [-0.2, 0) is 11.8 Å². The van der Waals surface area contributed by atoms with Gasteiger partial charge in [-0.1, -0.05) is 0 Å². The summed E-state index contributed by atoms with van der Waals surface area (Å²) < 4.78 is 1.92. The van der Waals surface area contributed by atoms with E-state index in [1.54, 1.807) is 12.0 Å². The number of nitrogens with zero attached hydrogens (tertiary/aromatic N) is 2. The van der Waals surface area contributed by atoms with Crippen LogP contribution in [0.3, 0.4) is 0 Å². The van der Waals surface area contributed by atoms with Crippen LogP contribution in [0.5, 0.6) is 0 Å². The number of rotatable bonds is 0. The number of hydrogen-bond donors (Lipinski definition) is 0. The van der Waals surface area contributed by atoms with Gasteiger partial charge in [0.1, 0.15) is 5.70 Å². The lowest BCUT2D eigenvalue weighted by molar-refractivity contribution is 0.567. The lowest BCUT2D eigenvalue weighted by Crippen LogP contribution is -2.23. The molecule has 0 atom stereocenters. The van der Waals surface area contributed by atoms with E-state index in [-0.39, 0.29) is 0 Å². The van der Waals surface area contributed by atoms with Crippen molar-refractivity contribution in [2.75, 3.05) is 0 Å². The number of allylic oxidation sites excluding steroid dienone is 1. The van der Waals surface area contributed by atoms with Crippen molar-refractivity contribution in [1.29, 1.82) is 0 Å². The molecule has 0 unspecified atom stereocenters. The van der Waals surface area contributed by atoms with Crippen molar-refractivity contribution in [3.63, 3.8) is 0 Å². The highest BCUT2D eigenvalue weighted by atomic mass is 16.1. The van der Waals surface area contributed by atoms with Gasteiger partial charge in [0.2, 0.25) is 0 Å². The lowest BCUT2D eigenvalue weighted by Gasteiger charge is -1.84. The smallest absolute Gasteiger partial charge is 0.152 e. The van der Waals surface area contributed by atoms with Crippen molar-refractivity contribution in [3.8, 4) is 0 Å². The molecule has 1 aromatic rings. The van der Waals surface area contributed by atoms with Crippen LogP contribution in [0, 0.1) is 0 Å². The minimum Gasteiger partial charge on any atom is -0.349 e. The van der Waals surface area contributed by atoms with Gasteiger partial charge in [-0.2, -0.15) is 0 Å². The SMILES string of the molecule is Cn1ccc2c1=CC(=C=O)N=2. The molecule has 0 saturated heterocycles. The van der Waals surface area contributed by atoms with E-state index < -0.39 is 0 Å². The Labute approximate surface area is 63.0 Å². The van der Waals surface area contributed by atoms with Crippen molar-refractivity contribution in [2.45, 2.75) is 0 Å². The Hall–Kier alpha value is -1.60. The van der Waals surface area contributed by atoms with Gasteiger partial charge in [0.25, 0.3) is 0 Å². The van der Waals surface area contributed by atoms with Crippen LogP contribution >= 0.6 is 0 Å². The van der Waals surface area contributed by atoms with Crippen molar-refractivity contribution in [2.24, 2.45) is 12.0 Å². The first-order chi connectivity index (χ1) is 5.31. The summed E-state index contributed by atoms with van der Waals surface area (Å²) in [5, 5.41) is 1.83. The Morgan fingerprint density at radius 1 is 1.64 bits per heavy atom. The van der Waals surface area contributed by atoms with Crippen LogP contribution in [-0.4, -0.2) is 10.5 Å². The maximum atomic E-state index is 10.2. The molecule has 54 valence electrons. The van der Waals surface area contributed by atoms with Gasteiger partial charge in [-0.05, 0) is 6.07 Å². The Morgan fingerprint density at radius 2 is 2.45 bits per heavy atom. The van der Waals surface area contributed by atoms with E-state index in [4.69, 9.17) is 0 Å². The third-order valence-electron chi connectivity index (χ3n) is 1.72. The van der Waals surface area contributed by atoms with Gasteiger partial charge in [0.15, 0.2) is 5.94 Å². The highest BCUT2D eigenvalue weighted by Crippen LogP contribution is 1.94. The van der Waals surface area contributed by atoms with E-state index in [1.165, 1.54) is 0 Å². The van der Waals surface area contributed by atoms with Crippen molar-refractivity contribution >= 4 is 12.0 Å². The highest BCUT2D eigenvalue weighted by molar-refractivity contribution is 5.68. The van der Waals surface area contributed by atoms with Gasteiger partial charge in [-0.15, -0.1) is 0 Å². The van der Waals surface area contributed by atoms with Gasteiger partial charge in [0.05, 0.1) is 10.7 Å². The molecule has 1 aromatic heterocycles. The molecule has 3 heteroatoms. The zero-order valence-corrected chi connectivity index (χ0v) is 6.03. The van der Waals surface area contributed by atoms with E-state index in [9.17, 15) is 4.79 Å². The molecule has 2 rings (SSSR count). The van der Waals surface area contributed by atoms with E-state index >= 15 is 0 Å². The van der Waals surface area contributed by atoms with Crippen LogP contribution in [0.15, 0.2) is 23.0 Å². The molecule has 11 heavy (non-hydrogen) atoms. The summed E-state index contributed by atoms with van der Waals surface area (Å²) in [6.45, 7) is 0. The summed E-state index contributed by atoms with van der Waals surface area (Å²) >= 11 is 0. The third kappa shape index (κ3) is 0.751. The number of aromatic nitrogens is 1. The molecule has 0 aliphatic carbocycles. The average molecular weight is 146 g/mol. The summed E-state index contributed by atoms with van der Waals surface area (Å²) in [5.41, 5.74) is 0.381. The van der Waals surface area contributed by atoms with Gasteiger partial charge in [-0.25, -0.2) is 9.79 Å². The summed E-state index contributed by atoms with van der Waals surface area (Å²) in [5.74, 6) is 1.76. The molecular weight excluding hydrogens is 140 g/mol. The molecule has 0 saturated carbocycles. The van der Waals surface area contributed by atoms with Crippen molar-refractivity contribution < 1.29 is 4.79 Å². The Balaban J connectivity index is 2.92. The minimum absolute atomic E-state index is 0.381. The number of carbonyl (C=O) groups excluding carboxylic acids is 1. The topological polar surface area (TPSA) is 34.4 Å². The zero-order valence-electron chi connectivity index (χ0n) is 6.03. The Bertz CT molecular complexity index is 461. The number of aryl methyl sites for hydroxylation is 1. The molecule has 1 aliphatic rings. The van der Waals surface area contributed by atoms with E-state index in [1.807, 2.05) is 23.9 Å². The second-order valence-electron chi connectivity index (χ2n) is 2.44. The summed E-state index contributed by atoms with van der Waals surface area (Å²) in [7, 11) is 1.92. The number of hydrogen-bond acceptors (Lipinski definition) is 2. The molecule has 0 fully saturated rings.